The largest absolute Gasteiger partial charge is 0.492 e. The van der Waals surface area contributed by atoms with Gasteiger partial charge < -0.3 is 14.6 Å². The maximum Gasteiger partial charge on any atom is 0.303 e. The Morgan fingerprint density at radius 2 is 2.00 bits per heavy atom. The lowest BCUT2D eigenvalue weighted by Crippen LogP contribution is -1.98. The first-order valence-electron chi connectivity index (χ1n) is 8.70. The minimum atomic E-state index is -0.836. The summed E-state index contributed by atoms with van der Waals surface area (Å²) in [5.74, 6) is 0.459. The van der Waals surface area contributed by atoms with E-state index in [0.29, 0.717) is 24.5 Å². The molecular formula is C21H21NO4S. The number of aromatic nitrogens is 1. The van der Waals surface area contributed by atoms with Gasteiger partial charge in [-0.3, -0.25) is 4.79 Å². The molecule has 0 radical (unpaired) electrons. The first-order chi connectivity index (χ1) is 13.1. The van der Waals surface area contributed by atoms with Gasteiger partial charge in [-0.1, -0.05) is 24.3 Å². The topological polar surface area (TPSA) is 68.7 Å². The van der Waals surface area contributed by atoms with Crippen LogP contribution in [-0.2, 0) is 4.79 Å². The van der Waals surface area contributed by atoms with Crippen molar-refractivity contribution in [2.45, 2.75) is 19.8 Å². The zero-order valence-corrected chi connectivity index (χ0v) is 16.1. The molecule has 0 bridgehead atoms. The first-order valence-corrected chi connectivity index (χ1v) is 9.52. The minimum absolute atomic E-state index is 0.0369. The molecule has 0 aliphatic rings. The van der Waals surface area contributed by atoms with Crippen molar-refractivity contribution >= 4 is 39.2 Å². The average Bonchev–Trinajstić information content (AvgIpc) is 3.09. The molecule has 0 saturated heterocycles. The highest BCUT2D eigenvalue weighted by Crippen LogP contribution is 2.36. The zero-order chi connectivity index (χ0) is 19.2. The smallest absolute Gasteiger partial charge is 0.303 e. The molecule has 3 aromatic rings. The number of carbonyl (C=O) groups is 1. The van der Waals surface area contributed by atoms with Gasteiger partial charge >= 0.3 is 5.97 Å². The monoisotopic (exact) mass is 383 g/mol. The van der Waals surface area contributed by atoms with Gasteiger partial charge in [-0.05, 0) is 43.2 Å². The van der Waals surface area contributed by atoms with E-state index in [-0.39, 0.29) is 6.42 Å². The summed E-state index contributed by atoms with van der Waals surface area (Å²) >= 11 is 1.56. The quantitative estimate of drug-likeness (QED) is 0.585. The maximum atomic E-state index is 11.1. The average molecular weight is 383 g/mol. The van der Waals surface area contributed by atoms with Crippen LogP contribution in [0.4, 0.5) is 0 Å². The molecule has 2 aromatic carbocycles. The second kappa shape index (κ2) is 8.68. The van der Waals surface area contributed by atoms with E-state index in [1.54, 1.807) is 18.4 Å². The number of para-hydroxylation sites is 2. The van der Waals surface area contributed by atoms with Gasteiger partial charge in [0.1, 0.15) is 5.01 Å². The van der Waals surface area contributed by atoms with E-state index in [4.69, 9.17) is 14.6 Å². The Balaban J connectivity index is 2.07. The minimum Gasteiger partial charge on any atom is -0.492 e. The Hall–Kier alpha value is -2.86. The van der Waals surface area contributed by atoms with Crippen LogP contribution in [-0.4, -0.2) is 29.8 Å². The molecule has 0 spiro atoms. The standard InChI is InChI=1S/C21H21NO4S/c1-3-26-17-9-6-7-14(20(17)25-2)13-15(11-12-19(23)24)21-22-16-8-4-5-10-18(16)27-21/h4-10,13H,3,11-12H2,1-2H3,(H,23,24)/b15-13+. The lowest BCUT2D eigenvalue weighted by molar-refractivity contribution is -0.136. The van der Waals surface area contributed by atoms with E-state index in [0.717, 1.165) is 26.4 Å². The van der Waals surface area contributed by atoms with Crippen LogP contribution in [0.1, 0.15) is 30.3 Å². The first kappa shape index (κ1) is 18.9. The van der Waals surface area contributed by atoms with E-state index in [9.17, 15) is 4.79 Å². The van der Waals surface area contributed by atoms with E-state index in [1.807, 2.05) is 55.5 Å². The van der Waals surface area contributed by atoms with Crippen molar-refractivity contribution in [1.29, 1.82) is 0 Å². The molecule has 0 fully saturated rings. The van der Waals surface area contributed by atoms with Gasteiger partial charge in [0, 0.05) is 12.0 Å². The highest BCUT2D eigenvalue weighted by Gasteiger charge is 2.14. The van der Waals surface area contributed by atoms with Gasteiger partial charge in [0.2, 0.25) is 0 Å². The Morgan fingerprint density at radius 1 is 1.19 bits per heavy atom. The number of fused-ring (bicyclic) bond motifs is 1. The summed E-state index contributed by atoms with van der Waals surface area (Å²) in [6.45, 7) is 2.45. The number of allylic oxidation sites excluding steroid dienone is 1. The van der Waals surface area contributed by atoms with Crippen molar-refractivity contribution < 1.29 is 19.4 Å². The normalized spacial score (nSPS) is 11.6. The van der Waals surface area contributed by atoms with E-state index in [2.05, 4.69) is 4.98 Å². The SMILES string of the molecule is CCOc1cccc(/C=C(\CCC(=O)O)c2nc3ccccc3s2)c1OC. The van der Waals surface area contributed by atoms with Gasteiger partial charge in [0.25, 0.3) is 0 Å². The number of carboxylic acids is 1. The Bertz CT molecular complexity index is 944. The van der Waals surface area contributed by atoms with Crippen molar-refractivity contribution in [1.82, 2.24) is 4.98 Å². The molecule has 27 heavy (non-hydrogen) atoms. The fourth-order valence-corrected chi connectivity index (χ4v) is 3.82. The summed E-state index contributed by atoms with van der Waals surface area (Å²) in [5, 5.41) is 9.96. The molecule has 0 amide bonds. The van der Waals surface area contributed by atoms with Crippen LogP contribution >= 0.6 is 11.3 Å². The fraction of sp³-hybridized carbons (Fsp3) is 0.238. The predicted octanol–water partition coefficient (Wildman–Crippen LogP) is 5.11. The summed E-state index contributed by atoms with van der Waals surface area (Å²) in [4.78, 5) is 15.8. The third kappa shape index (κ3) is 4.46. The van der Waals surface area contributed by atoms with Crippen molar-refractivity contribution in [3.8, 4) is 11.5 Å². The van der Waals surface area contributed by atoms with Gasteiger partial charge in [-0.25, -0.2) is 4.98 Å². The van der Waals surface area contributed by atoms with Crippen LogP contribution in [0.3, 0.4) is 0 Å². The molecule has 6 heteroatoms. The molecule has 1 heterocycles. The van der Waals surface area contributed by atoms with Gasteiger partial charge in [-0.15, -0.1) is 11.3 Å². The van der Waals surface area contributed by atoms with Crippen molar-refractivity contribution in [2.75, 3.05) is 13.7 Å². The number of methoxy groups -OCH3 is 1. The number of hydrogen-bond acceptors (Lipinski definition) is 5. The Labute approximate surface area is 161 Å². The zero-order valence-electron chi connectivity index (χ0n) is 15.3. The maximum absolute atomic E-state index is 11.1. The van der Waals surface area contributed by atoms with Crippen LogP contribution in [0.25, 0.3) is 21.9 Å². The summed E-state index contributed by atoms with van der Waals surface area (Å²) in [7, 11) is 1.60. The number of rotatable bonds is 8. The molecule has 1 aromatic heterocycles. The molecule has 0 unspecified atom stereocenters. The lowest BCUT2D eigenvalue weighted by atomic mass is 10.1. The van der Waals surface area contributed by atoms with Crippen LogP contribution in [0, 0.1) is 0 Å². The number of nitrogens with zero attached hydrogens (tertiary/aromatic N) is 1. The van der Waals surface area contributed by atoms with Gasteiger partial charge in [0.05, 0.1) is 23.9 Å². The van der Waals surface area contributed by atoms with Crippen LogP contribution < -0.4 is 9.47 Å². The molecule has 0 saturated carbocycles. The lowest BCUT2D eigenvalue weighted by Gasteiger charge is -2.12. The summed E-state index contributed by atoms with van der Waals surface area (Å²) in [6, 6.07) is 13.6. The van der Waals surface area contributed by atoms with Crippen molar-refractivity contribution in [3.63, 3.8) is 0 Å². The highest BCUT2D eigenvalue weighted by atomic mass is 32.1. The van der Waals surface area contributed by atoms with Gasteiger partial charge in [-0.2, -0.15) is 0 Å². The molecule has 3 rings (SSSR count). The number of aliphatic carboxylic acids is 1. The molecule has 0 aliphatic heterocycles. The predicted molar refractivity (Wildman–Crippen MR) is 109 cm³/mol. The number of ether oxygens (including phenoxy) is 2. The Morgan fingerprint density at radius 3 is 2.70 bits per heavy atom. The van der Waals surface area contributed by atoms with Crippen molar-refractivity contribution in [2.24, 2.45) is 0 Å². The molecule has 140 valence electrons. The van der Waals surface area contributed by atoms with Gasteiger partial charge in [0.15, 0.2) is 11.5 Å². The summed E-state index contributed by atoms with van der Waals surface area (Å²) in [6.07, 6.45) is 2.37. The molecular weight excluding hydrogens is 362 g/mol. The van der Waals surface area contributed by atoms with Crippen LogP contribution in [0.15, 0.2) is 42.5 Å². The molecule has 0 aliphatic carbocycles. The molecule has 0 atom stereocenters. The second-order valence-corrected chi connectivity index (χ2v) is 6.89. The Kier molecular flexibility index (Phi) is 6.08. The third-order valence-electron chi connectivity index (χ3n) is 4.02. The highest BCUT2D eigenvalue weighted by molar-refractivity contribution is 7.19. The van der Waals surface area contributed by atoms with E-state index < -0.39 is 5.97 Å². The number of benzene rings is 2. The van der Waals surface area contributed by atoms with Crippen LogP contribution in [0.2, 0.25) is 0 Å². The number of thiazole rings is 1. The van der Waals surface area contributed by atoms with E-state index >= 15 is 0 Å². The number of carboxylic acid groups (broad SMARTS) is 1. The number of hydrogen-bond donors (Lipinski definition) is 1. The molecule has 1 N–H and O–H groups in total. The van der Waals surface area contributed by atoms with Crippen LogP contribution in [0.5, 0.6) is 11.5 Å². The van der Waals surface area contributed by atoms with Crippen molar-refractivity contribution in [3.05, 3.63) is 53.0 Å². The summed E-state index contributed by atoms with van der Waals surface area (Å²) in [5.41, 5.74) is 2.61. The van der Waals surface area contributed by atoms with E-state index in [1.165, 1.54) is 0 Å². The third-order valence-corrected chi connectivity index (χ3v) is 5.13. The molecule has 5 nitrogen and oxygen atoms in total. The fourth-order valence-electron chi connectivity index (χ4n) is 2.81. The summed E-state index contributed by atoms with van der Waals surface area (Å²) < 4.78 is 12.3. The second-order valence-electron chi connectivity index (χ2n) is 5.86.